The van der Waals surface area contributed by atoms with Gasteiger partial charge >= 0.3 is 0 Å². The molecule has 0 saturated carbocycles. The molecule has 3 aromatic carbocycles. The van der Waals surface area contributed by atoms with Gasteiger partial charge in [0.15, 0.2) is 11.5 Å². The quantitative estimate of drug-likeness (QED) is 0.310. The molecule has 4 aromatic rings. The molecule has 0 aliphatic carbocycles. The summed E-state index contributed by atoms with van der Waals surface area (Å²) >= 11 is 3.38. The van der Waals surface area contributed by atoms with Gasteiger partial charge in [0.25, 0.3) is 0 Å². The monoisotopic (exact) mass is 495 g/mol. The number of ether oxygens (including phenoxy) is 1. The lowest BCUT2D eigenvalue weighted by Crippen LogP contribution is -2.15. The largest absolute Gasteiger partial charge is 0.496 e. The zero-order valence-corrected chi connectivity index (χ0v) is 19.0. The number of para-hydroxylation sites is 1. The van der Waals surface area contributed by atoms with Crippen molar-refractivity contribution < 1.29 is 23.1 Å². The molecular weight excluding hydrogens is 477 g/mol. The van der Waals surface area contributed by atoms with Crippen LogP contribution >= 0.6 is 15.9 Å². The van der Waals surface area contributed by atoms with Crippen LogP contribution in [-0.4, -0.2) is 25.2 Å². The normalized spacial score (nSPS) is 10.9. The number of benzene rings is 3. The first kappa shape index (κ1) is 21.8. The fraction of sp³-hybridized carbons (Fsp3) is 0.120. The summed E-state index contributed by atoms with van der Waals surface area (Å²) in [6, 6.07) is 16.5. The van der Waals surface area contributed by atoms with Gasteiger partial charge in [-0.25, -0.2) is 4.39 Å². The summed E-state index contributed by atoms with van der Waals surface area (Å²) in [7, 11) is 1.55. The van der Waals surface area contributed by atoms with Gasteiger partial charge in [0, 0.05) is 16.5 Å². The number of ketones is 2. The molecule has 162 valence electrons. The first-order chi connectivity index (χ1) is 15.4. The highest BCUT2D eigenvalue weighted by molar-refractivity contribution is 9.10. The number of nitrogens with one attached hydrogen (secondary N) is 1. The molecule has 0 fully saturated rings. The number of methoxy groups -OCH3 is 1. The minimum atomic E-state index is -0.471. The number of anilines is 1. The van der Waals surface area contributed by atoms with Crippen molar-refractivity contribution in [3.8, 4) is 5.75 Å². The van der Waals surface area contributed by atoms with Gasteiger partial charge in [-0.3, -0.25) is 9.59 Å². The maximum absolute atomic E-state index is 14.0. The number of Topliss-reactive ketones (excluding diaryl/α,β-unsaturated/α-hetero) is 1. The van der Waals surface area contributed by atoms with Gasteiger partial charge in [0.05, 0.1) is 23.8 Å². The lowest BCUT2D eigenvalue weighted by molar-refractivity contribution is 0.0997. The Kier molecular flexibility index (Phi) is 6.10. The van der Waals surface area contributed by atoms with Crippen LogP contribution in [0.25, 0.3) is 11.0 Å². The van der Waals surface area contributed by atoms with E-state index in [4.69, 9.17) is 9.15 Å². The molecule has 0 unspecified atom stereocenters. The fourth-order valence-corrected chi connectivity index (χ4v) is 3.90. The minimum absolute atomic E-state index is 0.0261. The van der Waals surface area contributed by atoms with Gasteiger partial charge in [-0.2, -0.15) is 0 Å². The Balaban J connectivity index is 1.66. The SMILES string of the molecule is COc1ccc(C(=O)CNc2c(C(=O)c3ccc(C)c(F)c3)oc3ccccc23)cc1Br. The van der Waals surface area contributed by atoms with Crippen LogP contribution in [0.3, 0.4) is 0 Å². The molecule has 0 aliphatic rings. The summed E-state index contributed by atoms with van der Waals surface area (Å²) in [5.41, 5.74) is 1.98. The van der Waals surface area contributed by atoms with E-state index in [0.29, 0.717) is 38.0 Å². The fourth-order valence-electron chi connectivity index (χ4n) is 3.36. The Morgan fingerprint density at radius 1 is 1.06 bits per heavy atom. The van der Waals surface area contributed by atoms with Crippen LogP contribution in [0, 0.1) is 12.7 Å². The third-order valence-corrected chi connectivity index (χ3v) is 5.75. The number of furan rings is 1. The molecule has 0 amide bonds. The molecule has 0 bridgehead atoms. The number of rotatable bonds is 7. The molecule has 0 aliphatic heterocycles. The van der Waals surface area contributed by atoms with Crippen molar-refractivity contribution in [2.24, 2.45) is 0 Å². The first-order valence-corrected chi connectivity index (χ1v) is 10.6. The van der Waals surface area contributed by atoms with Crippen molar-refractivity contribution in [3.63, 3.8) is 0 Å². The summed E-state index contributed by atoms with van der Waals surface area (Å²) in [5, 5.41) is 3.71. The smallest absolute Gasteiger partial charge is 0.230 e. The minimum Gasteiger partial charge on any atom is -0.496 e. The molecule has 7 heteroatoms. The number of halogens is 2. The lowest BCUT2D eigenvalue weighted by Gasteiger charge is -2.09. The molecule has 0 radical (unpaired) electrons. The van der Waals surface area contributed by atoms with Gasteiger partial charge in [0.2, 0.25) is 5.78 Å². The molecule has 1 N–H and O–H groups in total. The number of carbonyl (C=O) groups excluding carboxylic acids is 2. The van der Waals surface area contributed by atoms with Crippen LogP contribution in [-0.2, 0) is 0 Å². The number of aryl methyl sites for hydroxylation is 1. The van der Waals surface area contributed by atoms with E-state index in [1.807, 2.05) is 6.07 Å². The third-order valence-electron chi connectivity index (χ3n) is 5.14. The maximum atomic E-state index is 14.0. The van der Waals surface area contributed by atoms with E-state index in [0.717, 1.165) is 0 Å². The molecule has 0 atom stereocenters. The van der Waals surface area contributed by atoms with Gasteiger partial charge in [-0.1, -0.05) is 24.3 Å². The highest BCUT2D eigenvalue weighted by atomic mass is 79.9. The van der Waals surface area contributed by atoms with Crippen molar-refractivity contribution >= 4 is 44.2 Å². The van der Waals surface area contributed by atoms with Crippen LogP contribution in [0.4, 0.5) is 10.1 Å². The Labute approximate surface area is 192 Å². The second-order valence-electron chi connectivity index (χ2n) is 7.22. The van der Waals surface area contributed by atoms with E-state index in [2.05, 4.69) is 21.2 Å². The van der Waals surface area contributed by atoms with E-state index in [-0.39, 0.29) is 23.7 Å². The summed E-state index contributed by atoms with van der Waals surface area (Å²) in [4.78, 5) is 25.9. The molecule has 1 heterocycles. The molecule has 0 spiro atoms. The van der Waals surface area contributed by atoms with E-state index in [1.54, 1.807) is 62.6 Å². The van der Waals surface area contributed by atoms with E-state index < -0.39 is 11.6 Å². The number of carbonyl (C=O) groups is 2. The molecule has 1 aromatic heterocycles. The van der Waals surface area contributed by atoms with Crippen LogP contribution in [0.2, 0.25) is 0 Å². The average Bonchev–Trinajstić information content (AvgIpc) is 3.17. The Bertz CT molecular complexity index is 1350. The van der Waals surface area contributed by atoms with Crippen molar-refractivity contribution in [2.75, 3.05) is 19.0 Å². The predicted molar refractivity (Wildman–Crippen MR) is 124 cm³/mol. The standard InChI is InChI=1S/C25H19BrFNO4/c1-14-7-8-16(12-19(14)27)24(30)25-23(17-5-3-4-6-21(17)32-25)28-13-20(29)15-9-10-22(31-2)18(26)11-15/h3-12,28H,13H2,1-2H3. The third kappa shape index (κ3) is 4.16. The van der Waals surface area contributed by atoms with E-state index >= 15 is 0 Å². The van der Waals surface area contributed by atoms with Crippen LogP contribution in [0.1, 0.15) is 32.0 Å². The van der Waals surface area contributed by atoms with E-state index in [9.17, 15) is 14.0 Å². The molecule has 0 saturated heterocycles. The maximum Gasteiger partial charge on any atom is 0.230 e. The van der Waals surface area contributed by atoms with Crippen molar-refractivity contribution in [3.05, 3.63) is 93.4 Å². The highest BCUT2D eigenvalue weighted by Crippen LogP contribution is 2.33. The zero-order chi connectivity index (χ0) is 22.8. The lowest BCUT2D eigenvalue weighted by atomic mass is 10.0. The molecular formula is C25H19BrFNO4. The van der Waals surface area contributed by atoms with Gasteiger partial charge in [-0.05, 0) is 64.8 Å². The first-order valence-electron chi connectivity index (χ1n) is 9.82. The molecule has 5 nitrogen and oxygen atoms in total. The summed E-state index contributed by atoms with van der Waals surface area (Å²) < 4.78 is 25.7. The van der Waals surface area contributed by atoms with Gasteiger partial charge in [0.1, 0.15) is 17.1 Å². The zero-order valence-electron chi connectivity index (χ0n) is 17.4. The second kappa shape index (κ2) is 8.96. The van der Waals surface area contributed by atoms with Crippen molar-refractivity contribution in [1.29, 1.82) is 0 Å². The number of hydrogen-bond donors (Lipinski definition) is 1. The molecule has 32 heavy (non-hydrogen) atoms. The van der Waals surface area contributed by atoms with Crippen LogP contribution < -0.4 is 10.1 Å². The summed E-state index contributed by atoms with van der Waals surface area (Å²) in [6.45, 7) is 1.56. The Morgan fingerprint density at radius 2 is 1.81 bits per heavy atom. The average molecular weight is 496 g/mol. The molecule has 4 rings (SSSR count). The second-order valence-corrected chi connectivity index (χ2v) is 8.08. The Morgan fingerprint density at radius 3 is 2.53 bits per heavy atom. The highest BCUT2D eigenvalue weighted by Gasteiger charge is 2.23. The van der Waals surface area contributed by atoms with E-state index in [1.165, 1.54) is 6.07 Å². The van der Waals surface area contributed by atoms with Crippen molar-refractivity contribution in [2.45, 2.75) is 6.92 Å². The number of fused-ring (bicyclic) bond motifs is 1. The Hall–Kier alpha value is -3.45. The van der Waals surface area contributed by atoms with Crippen molar-refractivity contribution in [1.82, 2.24) is 0 Å². The van der Waals surface area contributed by atoms with Crippen LogP contribution in [0.15, 0.2) is 69.6 Å². The van der Waals surface area contributed by atoms with Gasteiger partial charge in [-0.15, -0.1) is 0 Å². The number of hydrogen-bond acceptors (Lipinski definition) is 5. The van der Waals surface area contributed by atoms with Crippen LogP contribution in [0.5, 0.6) is 5.75 Å². The predicted octanol–water partition coefficient (Wildman–Crippen LogP) is 6.18. The summed E-state index contributed by atoms with van der Waals surface area (Å²) in [5.74, 6) is -0.478. The summed E-state index contributed by atoms with van der Waals surface area (Å²) in [6.07, 6.45) is 0. The topological polar surface area (TPSA) is 68.5 Å². The van der Waals surface area contributed by atoms with Gasteiger partial charge < -0.3 is 14.5 Å².